The van der Waals surface area contributed by atoms with E-state index in [1.54, 1.807) is 0 Å². The lowest BCUT2D eigenvalue weighted by molar-refractivity contribution is -0.118. The third kappa shape index (κ3) is 3.29. The standard InChI is InChI=1S/C16H15IN2O2/c1-10(11-2-4-12(17)5-3-11)18-13-6-7-15-14(8-13)19-16(20)9-21-15/h2-8,10,18H,9H2,1H3,(H,19,20). The predicted octanol–water partition coefficient (Wildman–Crippen LogP) is 3.80. The van der Waals surface area contributed by atoms with E-state index in [9.17, 15) is 4.79 Å². The van der Waals surface area contributed by atoms with Crippen LogP contribution in [-0.4, -0.2) is 12.5 Å². The first-order chi connectivity index (χ1) is 10.1. The highest BCUT2D eigenvalue weighted by molar-refractivity contribution is 14.1. The average Bonchev–Trinajstić information content (AvgIpc) is 2.47. The van der Waals surface area contributed by atoms with Gasteiger partial charge < -0.3 is 15.4 Å². The van der Waals surface area contributed by atoms with Gasteiger partial charge >= 0.3 is 0 Å². The molecule has 4 nitrogen and oxygen atoms in total. The summed E-state index contributed by atoms with van der Waals surface area (Å²) in [6, 6.07) is 14.3. The van der Waals surface area contributed by atoms with Crippen molar-refractivity contribution in [2.24, 2.45) is 0 Å². The molecule has 1 aliphatic heterocycles. The van der Waals surface area contributed by atoms with Gasteiger partial charge in [0.1, 0.15) is 5.75 Å². The number of amides is 1. The second-order valence-electron chi connectivity index (χ2n) is 4.97. The van der Waals surface area contributed by atoms with E-state index in [2.05, 4.69) is 64.4 Å². The molecule has 0 saturated carbocycles. The number of hydrogen-bond acceptors (Lipinski definition) is 3. The molecule has 2 N–H and O–H groups in total. The highest BCUT2D eigenvalue weighted by Gasteiger charge is 2.16. The SMILES string of the molecule is CC(Nc1ccc2c(c1)NC(=O)CO2)c1ccc(I)cc1. The van der Waals surface area contributed by atoms with Crippen LogP contribution >= 0.6 is 22.6 Å². The molecule has 2 aromatic carbocycles. The van der Waals surface area contributed by atoms with Gasteiger partial charge in [0.25, 0.3) is 5.91 Å². The Hall–Kier alpha value is -1.76. The molecule has 0 saturated heterocycles. The minimum absolute atomic E-state index is 0.0822. The molecule has 3 rings (SSSR count). The third-order valence-electron chi connectivity index (χ3n) is 3.37. The molecular formula is C16H15IN2O2. The molecule has 0 aromatic heterocycles. The van der Waals surface area contributed by atoms with Crippen molar-refractivity contribution in [1.29, 1.82) is 0 Å². The van der Waals surface area contributed by atoms with Crippen LogP contribution in [0.5, 0.6) is 5.75 Å². The zero-order valence-corrected chi connectivity index (χ0v) is 13.7. The highest BCUT2D eigenvalue weighted by Crippen LogP contribution is 2.31. The third-order valence-corrected chi connectivity index (χ3v) is 4.08. The lowest BCUT2D eigenvalue weighted by Gasteiger charge is -2.21. The van der Waals surface area contributed by atoms with Gasteiger partial charge in [-0.25, -0.2) is 0 Å². The molecule has 0 bridgehead atoms. The lowest BCUT2D eigenvalue weighted by Crippen LogP contribution is -2.25. The molecule has 1 amide bonds. The van der Waals surface area contributed by atoms with Crippen LogP contribution in [0.15, 0.2) is 42.5 Å². The Morgan fingerprint density at radius 1 is 1.24 bits per heavy atom. The molecule has 1 heterocycles. The van der Waals surface area contributed by atoms with Crippen LogP contribution in [0.2, 0.25) is 0 Å². The molecule has 0 spiro atoms. The Bertz CT molecular complexity index is 670. The van der Waals surface area contributed by atoms with Crippen LogP contribution in [0, 0.1) is 3.57 Å². The second kappa shape index (κ2) is 5.93. The Kier molecular flexibility index (Phi) is 4.01. The number of carbonyl (C=O) groups is 1. The molecule has 0 fully saturated rings. The molecule has 108 valence electrons. The van der Waals surface area contributed by atoms with Crippen molar-refractivity contribution in [2.75, 3.05) is 17.2 Å². The molecule has 0 radical (unpaired) electrons. The van der Waals surface area contributed by atoms with Crippen molar-refractivity contribution >= 4 is 39.9 Å². The van der Waals surface area contributed by atoms with Crippen LogP contribution in [-0.2, 0) is 4.79 Å². The zero-order valence-electron chi connectivity index (χ0n) is 11.5. The quantitative estimate of drug-likeness (QED) is 0.779. The summed E-state index contributed by atoms with van der Waals surface area (Å²) in [6.45, 7) is 2.19. The molecule has 1 aliphatic rings. The molecule has 1 atom stereocenters. The molecule has 0 aliphatic carbocycles. The van der Waals surface area contributed by atoms with Crippen molar-refractivity contribution in [3.8, 4) is 5.75 Å². The lowest BCUT2D eigenvalue weighted by atomic mass is 10.1. The maximum atomic E-state index is 11.4. The van der Waals surface area contributed by atoms with Crippen molar-refractivity contribution < 1.29 is 9.53 Å². The minimum Gasteiger partial charge on any atom is -0.482 e. The summed E-state index contributed by atoms with van der Waals surface area (Å²) >= 11 is 2.29. The first-order valence-corrected chi connectivity index (χ1v) is 7.78. The Morgan fingerprint density at radius 2 is 2.00 bits per heavy atom. The van der Waals surface area contributed by atoms with Crippen molar-refractivity contribution in [1.82, 2.24) is 0 Å². The number of fused-ring (bicyclic) bond motifs is 1. The fraction of sp³-hybridized carbons (Fsp3) is 0.188. The summed E-state index contributed by atoms with van der Waals surface area (Å²) in [7, 11) is 0. The van der Waals surface area contributed by atoms with Crippen molar-refractivity contribution in [3.63, 3.8) is 0 Å². The van der Waals surface area contributed by atoms with Crippen molar-refractivity contribution in [3.05, 3.63) is 51.6 Å². The van der Waals surface area contributed by atoms with Gasteiger partial charge in [-0.2, -0.15) is 0 Å². The van der Waals surface area contributed by atoms with Crippen molar-refractivity contribution in [2.45, 2.75) is 13.0 Å². The number of benzene rings is 2. The van der Waals surface area contributed by atoms with Gasteiger partial charge in [0.2, 0.25) is 0 Å². The first kappa shape index (κ1) is 14.2. The predicted molar refractivity (Wildman–Crippen MR) is 91.8 cm³/mol. The number of ether oxygens (including phenoxy) is 1. The van der Waals surface area contributed by atoms with E-state index < -0.39 is 0 Å². The van der Waals surface area contributed by atoms with Gasteiger partial charge in [-0.3, -0.25) is 4.79 Å². The average molecular weight is 394 g/mol. The van der Waals surface area contributed by atoms with E-state index in [0.717, 1.165) is 5.69 Å². The Labute approximate surface area is 137 Å². The maximum absolute atomic E-state index is 11.4. The van der Waals surface area contributed by atoms with Gasteiger partial charge in [0, 0.05) is 15.3 Å². The van der Waals surface area contributed by atoms with Gasteiger partial charge in [-0.1, -0.05) is 12.1 Å². The number of anilines is 2. The minimum atomic E-state index is -0.120. The van der Waals surface area contributed by atoms with E-state index in [4.69, 9.17) is 4.74 Å². The number of nitrogens with one attached hydrogen (secondary N) is 2. The number of carbonyl (C=O) groups excluding carboxylic acids is 1. The van der Waals surface area contributed by atoms with Crippen LogP contribution in [0.3, 0.4) is 0 Å². The molecule has 5 heteroatoms. The van der Waals surface area contributed by atoms with Crippen LogP contribution in [0.4, 0.5) is 11.4 Å². The summed E-state index contributed by atoms with van der Waals surface area (Å²) in [5.41, 5.74) is 2.88. The summed E-state index contributed by atoms with van der Waals surface area (Å²) in [5, 5.41) is 6.25. The van der Waals surface area contributed by atoms with Crippen LogP contribution < -0.4 is 15.4 Å². The fourth-order valence-electron chi connectivity index (χ4n) is 2.26. The summed E-state index contributed by atoms with van der Waals surface area (Å²) in [4.78, 5) is 11.4. The smallest absolute Gasteiger partial charge is 0.262 e. The normalized spacial score (nSPS) is 14.7. The number of hydrogen-bond donors (Lipinski definition) is 2. The van der Waals surface area contributed by atoms with Gasteiger partial charge in [0.15, 0.2) is 6.61 Å². The monoisotopic (exact) mass is 394 g/mol. The summed E-state index contributed by atoms with van der Waals surface area (Å²) in [6.07, 6.45) is 0. The van der Waals surface area contributed by atoms with E-state index >= 15 is 0 Å². The van der Waals surface area contributed by atoms with Crippen LogP contribution in [0.25, 0.3) is 0 Å². The summed E-state index contributed by atoms with van der Waals surface area (Å²) < 4.78 is 6.57. The number of rotatable bonds is 3. The van der Waals surface area contributed by atoms with E-state index in [1.165, 1.54) is 9.13 Å². The van der Waals surface area contributed by atoms with Gasteiger partial charge in [-0.15, -0.1) is 0 Å². The van der Waals surface area contributed by atoms with E-state index in [0.29, 0.717) is 11.4 Å². The van der Waals surface area contributed by atoms with Gasteiger partial charge in [-0.05, 0) is 65.4 Å². The second-order valence-corrected chi connectivity index (χ2v) is 6.21. The topological polar surface area (TPSA) is 50.4 Å². The molecule has 2 aromatic rings. The molecule has 21 heavy (non-hydrogen) atoms. The van der Waals surface area contributed by atoms with Crippen LogP contribution in [0.1, 0.15) is 18.5 Å². The maximum Gasteiger partial charge on any atom is 0.262 e. The molecule has 1 unspecified atom stereocenters. The zero-order chi connectivity index (χ0) is 14.8. The fourth-order valence-corrected chi connectivity index (χ4v) is 2.62. The molecular weight excluding hydrogens is 379 g/mol. The Morgan fingerprint density at radius 3 is 2.76 bits per heavy atom. The largest absolute Gasteiger partial charge is 0.482 e. The number of halogens is 1. The Balaban J connectivity index is 1.77. The highest BCUT2D eigenvalue weighted by atomic mass is 127. The van der Waals surface area contributed by atoms with E-state index in [-0.39, 0.29) is 18.6 Å². The van der Waals surface area contributed by atoms with E-state index in [1.807, 2.05) is 18.2 Å². The summed E-state index contributed by atoms with van der Waals surface area (Å²) in [5.74, 6) is 0.590. The first-order valence-electron chi connectivity index (χ1n) is 6.70. The van der Waals surface area contributed by atoms with Gasteiger partial charge in [0.05, 0.1) is 5.69 Å².